The Balaban J connectivity index is 1.25. The number of benzene rings is 1. The molecule has 1 unspecified atom stereocenters. The van der Waals surface area contributed by atoms with E-state index in [-0.39, 0.29) is 11.9 Å². The predicted octanol–water partition coefficient (Wildman–Crippen LogP) is 2.14. The minimum Gasteiger partial charge on any atom is -0.381 e. The fourth-order valence-corrected chi connectivity index (χ4v) is 4.92. The number of aromatic nitrogens is 3. The number of ether oxygens (including phenoxy) is 2. The van der Waals surface area contributed by atoms with Crippen molar-refractivity contribution in [2.75, 3.05) is 44.4 Å². The molecule has 3 aliphatic rings. The van der Waals surface area contributed by atoms with E-state index >= 15 is 0 Å². The first-order chi connectivity index (χ1) is 15.3. The van der Waals surface area contributed by atoms with Crippen molar-refractivity contribution in [3.63, 3.8) is 0 Å². The van der Waals surface area contributed by atoms with Gasteiger partial charge < -0.3 is 24.3 Å². The first kappa shape index (κ1) is 20.5. The smallest absolute Gasteiger partial charge is 0.253 e. The molecule has 2 saturated heterocycles. The van der Waals surface area contributed by atoms with Gasteiger partial charge in [-0.25, -0.2) is 0 Å². The SMILES string of the molecule is O=C(NC1CCc2nnc(C3CCOCC3)n2CC1)c1ccccc1N1CCOCC1. The van der Waals surface area contributed by atoms with Gasteiger partial charge in [-0.1, -0.05) is 12.1 Å². The van der Waals surface area contributed by atoms with Crippen molar-refractivity contribution in [1.82, 2.24) is 20.1 Å². The number of para-hydroxylation sites is 1. The second-order valence-corrected chi connectivity index (χ2v) is 8.63. The maximum atomic E-state index is 13.2. The van der Waals surface area contributed by atoms with Crippen molar-refractivity contribution in [3.8, 4) is 0 Å². The molecular formula is C23H31N5O3. The highest BCUT2D eigenvalue weighted by molar-refractivity contribution is 6.00. The van der Waals surface area contributed by atoms with Crippen LogP contribution in [0.4, 0.5) is 5.69 Å². The quantitative estimate of drug-likeness (QED) is 0.808. The van der Waals surface area contributed by atoms with Crippen molar-refractivity contribution < 1.29 is 14.3 Å². The molecule has 2 fully saturated rings. The first-order valence-electron chi connectivity index (χ1n) is 11.5. The highest BCUT2D eigenvalue weighted by atomic mass is 16.5. The highest BCUT2D eigenvalue weighted by Gasteiger charge is 2.27. The maximum Gasteiger partial charge on any atom is 0.253 e. The Morgan fingerprint density at radius 2 is 1.71 bits per heavy atom. The number of morpholine rings is 1. The van der Waals surface area contributed by atoms with Crippen molar-refractivity contribution in [2.24, 2.45) is 0 Å². The van der Waals surface area contributed by atoms with Crippen LogP contribution in [0.25, 0.3) is 0 Å². The lowest BCUT2D eigenvalue weighted by molar-refractivity contribution is 0.0826. The van der Waals surface area contributed by atoms with Crippen LogP contribution in [0.5, 0.6) is 0 Å². The zero-order valence-corrected chi connectivity index (χ0v) is 18.0. The number of hydrogen-bond donors (Lipinski definition) is 1. The van der Waals surface area contributed by atoms with Gasteiger partial charge in [-0.3, -0.25) is 4.79 Å². The van der Waals surface area contributed by atoms with E-state index in [1.165, 1.54) is 0 Å². The molecule has 0 spiro atoms. The van der Waals surface area contributed by atoms with E-state index in [0.29, 0.717) is 19.1 Å². The standard InChI is InChI=1S/C23H31N5O3/c29-23(19-3-1-2-4-20(19)27-11-15-31-16-12-27)24-18-5-6-21-25-26-22(28(21)10-7-18)17-8-13-30-14-9-17/h1-4,17-18H,5-16H2,(H,24,29). The molecule has 0 radical (unpaired) electrons. The lowest BCUT2D eigenvalue weighted by Crippen LogP contribution is -2.39. The van der Waals surface area contributed by atoms with Crippen LogP contribution in [-0.2, 0) is 22.4 Å². The van der Waals surface area contributed by atoms with Crippen LogP contribution >= 0.6 is 0 Å². The number of nitrogens with zero attached hydrogens (tertiary/aromatic N) is 4. The van der Waals surface area contributed by atoms with Gasteiger partial charge in [-0.15, -0.1) is 10.2 Å². The monoisotopic (exact) mass is 425 g/mol. The van der Waals surface area contributed by atoms with E-state index in [1.807, 2.05) is 24.3 Å². The molecule has 8 heteroatoms. The van der Waals surface area contributed by atoms with Gasteiger partial charge in [0, 0.05) is 56.9 Å². The molecule has 0 aliphatic carbocycles. The summed E-state index contributed by atoms with van der Waals surface area (Å²) in [5, 5.41) is 12.3. The maximum absolute atomic E-state index is 13.2. The Kier molecular flexibility index (Phi) is 6.18. The van der Waals surface area contributed by atoms with Crippen LogP contribution in [-0.4, -0.2) is 66.2 Å². The highest BCUT2D eigenvalue weighted by Crippen LogP contribution is 2.28. The number of fused-ring (bicyclic) bond motifs is 1. The number of nitrogens with one attached hydrogen (secondary N) is 1. The lowest BCUT2D eigenvalue weighted by atomic mass is 9.99. The Labute approximate surface area is 182 Å². The number of carbonyl (C=O) groups excluding carboxylic acids is 1. The summed E-state index contributed by atoms with van der Waals surface area (Å²) in [5.41, 5.74) is 1.74. The molecule has 1 aromatic heterocycles. The summed E-state index contributed by atoms with van der Waals surface area (Å²) in [5.74, 6) is 2.59. The van der Waals surface area contributed by atoms with Gasteiger partial charge in [0.2, 0.25) is 0 Å². The van der Waals surface area contributed by atoms with Crippen LogP contribution in [0.2, 0.25) is 0 Å². The lowest BCUT2D eigenvalue weighted by Gasteiger charge is -2.30. The molecule has 5 rings (SSSR count). The van der Waals surface area contributed by atoms with E-state index < -0.39 is 0 Å². The molecule has 0 saturated carbocycles. The molecule has 3 aliphatic heterocycles. The van der Waals surface area contributed by atoms with Gasteiger partial charge in [0.25, 0.3) is 5.91 Å². The zero-order valence-electron chi connectivity index (χ0n) is 18.0. The molecule has 1 amide bonds. The summed E-state index contributed by atoms with van der Waals surface area (Å²) in [4.78, 5) is 15.4. The molecule has 1 aromatic carbocycles. The van der Waals surface area contributed by atoms with Crippen molar-refractivity contribution in [1.29, 1.82) is 0 Å². The van der Waals surface area contributed by atoms with Crippen LogP contribution in [0.3, 0.4) is 0 Å². The van der Waals surface area contributed by atoms with E-state index in [9.17, 15) is 4.79 Å². The topological polar surface area (TPSA) is 81.5 Å². The molecule has 31 heavy (non-hydrogen) atoms. The third-order valence-electron chi connectivity index (χ3n) is 6.70. The number of hydrogen-bond acceptors (Lipinski definition) is 6. The summed E-state index contributed by atoms with van der Waals surface area (Å²) in [6, 6.07) is 8.03. The summed E-state index contributed by atoms with van der Waals surface area (Å²) < 4.78 is 13.3. The summed E-state index contributed by atoms with van der Waals surface area (Å²) in [7, 11) is 0. The molecule has 0 bridgehead atoms. The Morgan fingerprint density at radius 1 is 0.935 bits per heavy atom. The van der Waals surface area contributed by atoms with Gasteiger partial charge in [-0.05, 0) is 37.8 Å². The fourth-order valence-electron chi connectivity index (χ4n) is 4.92. The molecule has 4 heterocycles. The molecular weight excluding hydrogens is 394 g/mol. The number of anilines is 1. The summed E-state index contributed by atoms with van der Waals surface area (Å²) in [6.45, 7) is 5.49. The van der Waals surface area contributed by atoms with E-state index in [2.05, 4.69) is 25.0 Å². The van der Waals surface area contributed by atoms with Gasteiger partial charge >= 0.3 is 0 Å². The summed E-state index contributed by atoms with van der Waals surface area (Å²) >= 11 is 0. The predicted molar refractivity (Wildman–Crippen MR) is 116 cm³/mol. The third kappa shape index (κ3) is 4.45. The second kappa shape index (κ2) is 9.36. The Bertz CT molecular complexity index is 902. The molecule has 1 N–H and O–H groups in total. The van der Waals surface area contributed by atoms with E-state index in [1.54, 1.807) is 0 Å². The largest absolute Gasteiger partial charge is 0.381 e. The van der Waals surface area contributed by atoms with Crippen molar-refractivity contribution in [2.45, 2.75) is 50.6 Å². The number of amides is 1. The average molecular weight is 426 g/mol. The van der Waals surface area contributed by atoms with Crippen molar-refractivity contribution >= 4 is 11.6 Å². The van der Waals surface area contributed by atoms with Crippen molar-refractivity contribution in [3.05, 3.63) is 41.5 Å². The number of rotatable bonds is 4. The van der Waals surface area contributed by atoms with Crippen LogP contribution in [0.1, 0.15) is 53.6 Å². The second-order valence-electron chi connectivity index (χ2n) is 8.63. The Hall–Kier alpha value is -2.45. The molecule has 1 atom stereocenters. The first-order valence-corrected chi connectivity index (χ1v) is 11.5. The van der Waals surface area contributed by atoms with E-state index in [0.717, 1.165) is 87.9 Å². The summed E-state index contributed by atoms with van der Waals surface area (Å²) in [6.07, 6.45) is 4.64. The molecule has 8 nitrogen and oxygen atoms in total. The van der Waals surface area contributed by atoms with Crippen LogP contribution in [0.15, 0.2) is 24.3 Å². The molecule has 166 valence electrons. The number of carbonyl (C=O) groups is 1. The van der Waals surface area contributed by atoms with Gasteiger partial charge in [0.15, 0.2) is 0 Å². The minimum atomic E-state index is 0.00871. The Morgan fingerprint density at radius 3 is 2.55 bits per heavy atom. The minimum absolute atomic E-state index is 0.00871. The fraction of sp³-hybridized carbons (Fsp3) is 0.609. The van der Waals surface area contributed by atoms with Gasteiger partial charge in [0.05, 0.1) is 18.8 Å². The number of aryl methyl sites for hydroxylation is 1. The normalized spacial score (nSPS) is 22.6. The van der Waals surface area contributed by atoms with E-state index in [4.69, 9.17) is 9.47 Å². The average Bonchev–Trinajstić information content (AvgIpc) is 3.14. The van der Waals surface area contributed by atoms with Gasteiger partial charge in [-0.2, -0.15) is 0 Å². The van der Waals surface area contributed by atoms with Crippen LogP contribution < -0.4 is 10.2 Å². The van der Waals surface area contributed by atoms with Gasteiger partial charge in [0.1, 0.15) is 11.6 Å². The van der Waals surface area contributed by atoms with Crippen LogP contribution in [0, 0.1) is 0 Å². The zero-order chi connectivity index (χ0) is 21.0. The third-order valence-corrected chi connectivity index (χ3v) is 6.70. The molecule has 2 aromatic rings.